The van der Waals surface area contributed by atoms with Gasteiger partial charge < -0.3 is 4.74 Å². The predicted octanol–water partition coefficient (Wildman–Crippen LogP) is 4.29. The van der Waals surface area contributed by atoms with Crippen molar-refractivity contribution in [3.8, 4) is 11.6 Å². The van der Waals surface area contributed by atoms with Crippen LogP contribution in [-0.2, 0) is 6.42 Å². The van der Waals surface area contributed by atoms with Gasteiger partial charge in [0, 0.05) is 12.1 Å². The highest BCUT2D eigenvalue weighted by Crippen LogP contribution is 2.36. The molecule has 0 aliphatic rings. The molecule has 1 aromatic heterocycles. The molecule has 0 aliphatic carbocycles. The topological polar surface area (TPSA) is 78.2 Å². The molecule has 0 fully saturated rings. The standard InChI is InChI=1S/C12H8BrClFN3O3/c1-2-6-11(14)16-5-17-12(6)21-10-4-8(15)7(13)3-9(10)18(19)20/h3-5H,2H2,1H3. The van der Waals surface area contributed by atoms with Crippen molar-refractivity contribution < 1.29 is 14.1 Å². The minimum Gasteiger partial charge on any atom is -0.431 e. The average molecular weight is 377 g/mol. The maximum atomic E-state index is 13.6. The molecule has 0 N–H and O–H groups in total. The summed E-state index contributed by atoms with van der Waals surface area (Å²) in [4.78, 5) is 18.0. The van der Waals surface area contributed by atoms with Crippen LogP contribution in [0.5, 0.6) is 11.6 Å². The number of nitro benzene ring substituents is 1. The first kappa shape index (κ1) is 15.6. The molecule has 0 amide bonds. The highest BCUT2D eigenvalue weighted by Gasteiger charge is 2.21. The van der Waals surface area contributed by atoms with Crippen LogP contribution < -0.4 is 4.74 Å². The third-order valence-corrected chi connectivity index (χ3v) is 3.55. The summed E-state index contributed by atoms with van der Waals surface area (Å²) in [6.07, 6.45) is 1.62. The number of hydrogen-bond donors (Lipinski definition) is 0. The number of nitrogens with zero attached hydrogens (tertiary/aromatic N) is 3. The molecule has 1 heterocycles. The Balaban J connectivity index is 2.51. The number of aromatic nitrogens is 2. The van der Waals surface area contributed by atoms with Crippen molar-refractivity contribution in [2.75, 3.05) is 0 Å². The Bertz CT molecular complexity index is 714. The van der Waals surface area contributed by atoms with E-state index in [1.807, 2.05) is 0 Å². The van der Waals surface area contributed by atoms with Crippen molar-refractivity contribution in [1.29, 1.82) is 0 Å². The number of rotatable bonds is 4. The Morgan fingerprint density at radius 1 is 1.48 bits per heavy atom. The zero-order valence-corrected chi connectivity index (χ0v) is 13.0. The third-order valence-electron chi connectivity index (χ3n) is 2.61. The average Bonchev–Trinajstić information content (AvgIpc) is 2.42. The van der Waals surface area contributed by atoms with E-state index < -0.39 is 10.7 Å². The molecule has 1 aromatic carbocycles. The Kier molecular flexibility index (Phi) is 4.69. The monoisotopic (exact) mass is 375 g/mol. The summed E-state index contributed by atoms with van der Waals surface area (Å²) in [5.74, 6) is -0.888. The van der Waals surface area contributed by atoms with Crippen LogP contribution >= 0.6 is 27.5 Å². The fourth-order valence-corrected chi connectivity index (χ4v) is 2.20. The molecule has 0 radical (unpaired) electrons. The second kappa shape index (κ2) is 6.31. The zero-order chi connectivity index (χ0) is 15.6. The van der Waals surface area contributed by atoms with E-state index in [2.05, 4.69) is 25.9 Å². The van der Waals surface area contributed by atoms with E-state index in [1.165, 1.54) is 0 Å². The van der Waals surface area contributed by atoms with E-state index in [9.17, 15) is 14.5 Å². The van der Waals surface area contributed by atoms with Crippen molar-refractivity contribution in [2.24, 2.45) is 0 Å². The highest BCUT2D eigenvalue weighted by atomic mass is 79.9. The maximum absolute atomic E-state index is 13.6. The smallest absolute Gasteiger partial charge is 0.312 e. The van der Waals surface area contributed by atoms with Crippen LogP contribution in [-0.4, -0.2) is 14.9 Å². The molecule has 0 saturated heterocycles. The molecule has 0 atom stereocenters. The molecular weight excluding hydrogens is 369 g/mol. The molecule has 110 valence electrons. The first-order valence-electron chi connectivity index (χ1n) is 5.74. The number of hydrogen-bond acceptors (Lipinski definition) is 5. The summed E-state index contributed by atoms with van der Waals surface area (Å²) in [6, 6.07) is 1.94. The van der Waals surface area contributed by atoms with Gasteiger partial charge in [-0.25, -0.2) is 14.4 Å². The first-order chi connectivity index (χ1) is 9.93. The summed E-state index contributed by atoms with van der Waals surface area (Å²) in [5, 5.41) is 11.2. The van der Waals surface area contributed by atoms with Crippen molar-refractivity contribution >= 4 is 33.2 Å². The van der Waals surface area contributed by atoms with Crippen LogP contribution in [0.1, 0.15) is 12.5 Å². The molecule has 0 aliphatic heterocycles. The van der Waals surface area contributed by atoms with Gasteiger partial charge in [-0.05, 0) is 22.4 Å². The minimum absolute atomic E-state index is 0.0296. The van der Waals surface area contributed by atoms with Gasteiger partial charge in [-0.2, -0.15) is 0 Å². The van der Waals surface area contributed by atoms with E-state index in [4.69, 9.17) is 16.3 Å². The highest BCUT2D eigenvalue weighted by molar-refractivity contribution is 9.10. The quantitative estimate of drug-likeness (QED) is 0.452. The Morgan fingerprint density at radius 3 is 2.81 bits per heavy atom. The number of nitro groups is 1. The maximum Gasteiger partial charge on any atom is 0.312 e. The molecule has 0 spiro atoms. The van der Waals surface area contributed by atoms with Crippen LogP contribution in [0.25, 0.3) is 0 Å². The summed E-state index contributed by atoms with van der Waals surface area (Å²) in [5.41, 5.74) is 0.0943. The van der Waals surface area contributed by atoms with Crippen molar-refractivity contribution in [2.45, 2.75) is 13.3 Å². The Labute approximate surface area is 132 Å². The van der Waals surface area contributed by atoms with Gasteiger partial charge in [0.25, 0.3) is 0 Å². The molecule has 0 saturated carbocycles. The summed E-state index contributed by atoms with van der Waals surface area (Å²) < 4.78 is 18.9. The Morgan fingerprint density at radius 2 is 2.19 bits per heavy atom. The number of ether oxygens (including phenoxy) is 1. The lowest BCUT2D eigenvalue weighted by Gasteiger charge is -2.10. The van der Waals surface area contributed by atoms with E-state index in [-0.39, 0.29) is 26.9 Å². The van der Waals surface area contributed by atoms with E-state index in [1.54, 1.807) is 6.92 Å². The molecular formula is C12H8BrClFN3O3. The van der Waals surface area contributed by atoms with Gasteiger partial charge in [0.05, 0.1) is 15.0 Å². The van der Waals surface area contributed by atoms with Crippen LogP contribution in [0, 0.1) is 15.9 Å². The summed E-state index contributed by atoms with van der Waals surface area (Å²) in [7, 11) is 0. The van der Waals surface area contributed by atoms with Gasteiger partial charge in [-0.1, -0.05) is 18.5 Å². The molecule has 0 unspecified atom stereocenters. The molecule has 2 aromatic rings. The van der Waals surface area contributed by atoms with Crippen LogP contribution in [0.15, 0.2) is 22.9 Å². The number of halogens is 3. The van der Waals surface area contributed by atoms with Gasteiger partial charge in [0.15, 0.2) is 0 Å². The zero-order valence-electron chi connectivity index (χ0n) is 10.6. The fraction of sp³-hybridized carbons (Fsp3) is 0.167. The molecule has 9 heteroatoms. The molecule has 21 heavy (non-hydrogen) atoms. The van der Waals surface area contributed by atoms with E-state index >= 15 is 0 Å². The van der Waals surface area contributed by atoms with Crippen molar-refractivity contribution in [3.63, 3.8) is 0 Å². The second-order valence-electron chi connectivity index (χ2n) is 3.89. The normalized spacial score (nSPS) is 10.5. The van der Waals surface area contributed by atoms with Gasteiger partial charge in [0.2, 0.25) is 11.6 Å². The Hall–Kier alpha value is -1.80. The van der Waals surface area contributed by atoms with Crippen LogP contribution in [0.4, 0.5) is 10.1 Å². The number of benzene rings is 1. The summed E-state index contributed by atoms with van der Waals surface area (Å²) in [6.45, 7) is 1.80. The van der Waals surface area contributed by atoms with Gasteiger partial charge >= 0.3 is 5.69 Å². The van der Waals surface area contributed by atoms with Crippen LogP contribution in [0.2, 0.25) is 5.15 Å². The minimum atomic E-state index is -0.686. The van der Waals surface area contributed by atoms with E-state index in [0.29, 0.717) is 12.0 Å². The fourth-order valence-electron chi connectivity index (χ4n) is 1.61. The summed E-state index contributed by atoms with van der Waals surface area (Å²) >= 11 is 8.80. The SMILES string of the molecule is CCc1c(Cl)ncnc1Oc1cc(F)c(Br)cc1[N+](=O)[O-]. The van der Waals surface area contributed by atoms with Crippen molar-refractivity contribution in [3.05, 3.63) is 49.6 Å². The predicted molar refractivity (Wildman–Crippen MR) is 77.2 cm³/mol. The molecule has 0 bridgehead atoms. The molecule has 2 rings (SSSR count). The van der Waals surface area contributed by atoms with Crippen LogP contribution in [0.3, 0.4) is 0 Å². The molecule has 6 nitrogen and oxygen atoms in total. The lowest BCUT2D eigenvalue weighted by atomic mass is 10.2. The van der Waals surface area contributed by atoms with Gasteiger partial charge in [0.1, 0.15) is 17.3 Å². The lowest BCUT2D eigenvalue weighted by Crippen LogP contribution is -2.00. The van der Waals surface area contributed by atoms with Gasteiger partial charge in [-0.3, -0.25) is 10.1 Å². The van der Waals surface area contributed by atoms with E-state index in [0.717, 1.165) is 18.5 Å². The lowest BCUT2D eigenvalue weighted by molar-refractivity contribution is -0.385. The van der Waals surface area contributed by atoms with Gasteiger partial charge in [-0.15, -0.1) is 0 Å². The van der Waals surface area contributed by atoms with Crippen molar-refractivity contribution in [1.82, 2.24) is 9.97 Å². The second-order valence-corrected chi connectivity index (χ2v) is 5.11. The first-order valence-corrected chi connectivity index (χ1v) is 6.91. The largest absolute Gasteiger partial charge is 0.431 e. The third kappa shape index (κ3) is 3.27.